The third-order valence-corrected chi connectivity index (χ3v) is 7.45. The van der Waals surface area contributed by atoms with Crippen LogP contribution in [0.15, 0.2) is 42.5 Å². The highest BCUT2D eigenvalue weighted by Crippen LogP contribution is 2.39. The quantitative estimate of drug-likeness (QED) is 0.113. The molecule has 0 bridgehead atoms. The highest BCUT2D eigenvalue weighted by molar-refractivity contribution is 5.91. The lowest BCUT2D eigenvalue weighted by Gasteiger charge is -2.24. The molecule has 0 radical (unpaired) electrons. The predicted octanol–water partition coefficient (Wildman–Crippen LogP) is 9.39. The van der Waals surface area contributed by atoms with Crippen molar-refractivity contribution < 1.29 is 35.9 Å². The lowest BCUT2D eigenvalue weighted by molar-refractivity contribution is 0.0720. The molecule has 2 nitrogen and oxygen atoms in total. The zero-order chi connectivity index (χ0) is 29.0. The number of carbonyl (C=O) groups excluding carboxylic acids is 1. The summed E-state index contributed by atoms with van der Waals surface area (Å²) in [6.07, 6.45) is 5.71. The van der Waals surface area contributed by atoms with Gasteiger partial charge in [-0.2, -0.15) is 4.39 Å². The molecule has 212 valence electrons. The Hall–Kier alpha value is -3.55. The van der Waals surface area contributed by atoms with Crippen molar-refractivity contribution in [2.75, 3.05) is 0 Å². The van der Waals surface area contributed by atoms with Crippen LogP contribution in [0.4, 0.5) is 26.3 Å². The minimum absolute atomic E-state index is 0.0580. The number of aryl methyl sites for hydroxylation is 2. The zero-order valence-corrected chi connectivity index (χ0v) is 22.4. The van der Waals surface area contributed by atoms with Crippen molar-refractivity contribution in [2.24, 2.45) is 0 Å². The summed E-state index contributed by atoms with van der Waals surface area (Å²) in [6.45, 7) is 3.71. The van der Waals surface area contributed by atoms with Crippen LogP contribution in [0.1, 0.15) is 90.9 Å². The second-order valence-electron chi connectivity index (χ2n) is 9.98. The summed E-state index contributed by atoms with van der Waals surface area (Å²) in [4.78, 5) is 12.5. The van der Waals surface area contributed by atoms with Gasteiger partial charge in [0, 0.05) is 5.56 Å². The third kappa shape index (κ3) is 5.96. The summed E-state index contributed by atoms with van der Waals surface area (Å²) >= 11 is 0. The van der Waals surface area contributed by atoms with Crippen molar-refractivity contribution in [2.45, 2.75) is 71.1 Å². The molecule has 0 N–H and O–H groups in total. The predicted molar refractivity (Wildman–Crippen MR) is 141 cm³/mol. The Bertz CT molecular complexity index is 1450. The fourth-order valence-corrected chi connectivity index (χ4v) is 5.07. The molecular formula is C32H30F6O2. The fraction of sp³-hybridized carbons (Fsp3) is 0.344. The summed E-state index contributed by atoms with van der Waals surface area (Å²) in [5.74, 6) is -9.47. The topological polar surface area (TPSA) is 26.3 Å². The number of allylic oxidation sites excluding steroid dienone is 2. The molecule has 3 aromatic rings. The van der Waals surface area contributed by atoms with Crippen molar-refractivity contribution in [3.63, 3.8) is 0 Å². The van der Waals surface area contributed by atoms with Gasteiger partial charge in [-0.25, -0.2) is 26.7 Å². The Labute approximate surface area is 229 Å². The Kier molecular flexibility index (Phi) is 9.38. The third-order valence-electron chi connectivity index (χ3n) is 7.45. The second kappa shape index (κ2) is 12.7. The van der Waals surface area contributed by atoms with Crippen LogP contribution in [-0.2, 0) is 12.8 Å². The number of unbranched alkanes of at least 4 members (excludes halogenated alkanes) is 2. The number of ether oxygens (including phenoxy) is 1. The fourth-order valence-electron chi connectivity index (χ4n) is 5.07. The largest absolute Gasteiger partial charge is 0.420 e. The van der Waals surface area contributed by atoms with E-state index in [-0.39, 0.29) is 29.0 Å². The summed E-state index contributed by atoms with van der Waals surface area (Å²) in [6, 6.07) is 7.76. The molecular weight excluding hydrogens is 530 g/mol. The first-order chi connectivity index (χ1) is 19.2. The van der Waals surface area contributed by atoms with Crippen LogP contribution in [0, 0.1) is 34.9 Å². The summed E-state index contributed by atoms with van der Waals surface area (Å²) in [5, 5.41) is 0. The van der Waals surface area contributed by atoms with E-state index in [0.717, 1.165) is 25.0 Å². The van der Waals surface area contributed by atoms with Gasteiger partial charge in [-0.15, -0.1) is 0 Å². The molecule has 1 aliphatic carbocycles. The lowest BCUT2D eigenvalue weighted by atomic mass is 9.82. The van der Waals surface area contributed by atoms with Crippen LogP contribution in [0.25, 0.3) is 5.57 Å². The van der Waals surface area contributed by atoms with E-state index in [9.17, 15) is 26.7 Å². The molecule has 1 atom stereocenters. The molecule has 0 amide bonds. The minimum Gasteiger partial charge on any atom is -0.420 e. The summed E-state index contributed by atoms with van der Waals surface area (Å²) in [5.41, 5.74) is 0.353. The Morgan fingerprint density at radius 1 is 0.800 bits per heavy atom. The van der Waals surface area contributed by atoms with Gasteiger partial charge in [-0.1, -0.05) is 51.0 Å². The number of esters is 1. The van der Waals surface area contributed by atoms with Gasteiger partial charge in [0.1, 0.15) is 0 Å². The number of hydrogen-bond acceptors (Lipinski definition) is 2. The molecule has 0 saturated carbocycles. The van der Waals surface area contributed by atoms with Gasteiger partial charge in [0.25, 0.3) is 0 Å². The average Bonchev–Trinajstić information content (AvgIpc) is 2.95. The van der Waals surface area contributed by atoms with Crippen molar-refractivity contribution in [3.8, 4) is 5.75 Å². The summed E-state index contributed by atoms with van der Waals surface area (Å²) in [7, 11) is 0. The first-order valence-electron chi connectivity index (χ1n) is 13.5. The number of carbonyl (C=O) groups is 1. The number of halogens is 6. The normalized spacial score (nSPS) is 15.2. The van der Waals surface area contributed by atoms with Gasteiger partial charge in [0.15, 0.2) is 34.8 Å². The number of rotatable bonds is 9. The zero-order valence-electron chi connectivity index (χ0n) is 22.4. The molecule has 0 fully saturated rings. The van der Waals surface area contributed by atoms with E-state index in [4.69, 9.17) is 4.74 Å². The first-order valence-corrected chi connectivity index (χ1v) is 13.5. The highest BCUT2D eigenvalue weighted by atomic mass is 19.2. The van der Waals surface area contributed by atoms with Crippen molar-refractivity contribution in [3.05, 3.63) is 105 Å². The van der Waals surface area contributed by atoms with Gasteiger partial charge in [0.05, 0.1) is 5.56 Å². The lowest BCUT2D eigenvalue weighted by Crippen LogP contribution is -2.14. The number of hydrogen-bond donors (Lipinski definition) is 0. The van der Waals surface area contributed by atoms with Crippen LogP contribution < -0.4 is 4.74 Å². The van der Waals surface area contributed by atoms with Gasteiger partial charge in [-0.05, 0) is 84.9 Å². The van der Waals surface area contributed by atoms with E-state index in [0.29, 0.717) is 43.2 Å². The molecule has 4 rings (SSSR count). The van der Waals surface area contributed by atoms with Crippen molar-refractivity contribution >= 4 is 11.5 Å². The van der Waals surface area contributed by atoms with Gasteiger partial charge < -0.3 is 4.74 Å². The minimum atomic E-state index is -1.45. The molecule has 8 heteroatoms. The smallest absolute Gasteiger partial charge is 0.346 e. The van der Waals surface area contributed by atoms with Gasteiger partial charge in [0.2, 0.25) is 5.82 Å². The Balaban J connectivity index is 1.49. The molecule has 0 aliphatic heterocycles. The van der Waals surface area contributed by atoms with Crippen LogP contribution in [0.2, 0.25) is 0 Å². The maximum atomic E-state index is 15.0. The van der Waals surface area contributed by atoms with Crippen molar-refractivity contribution in [1.82, 2.24) is 0 Å². The van der Waals surface area contributed by atoms with E-state index in [1.807, 2.05) is 6.92 Å². The van der Waals surface area contributed by atoms with Crippen LogP contribution in [0.5, 0.6) is 5.75 Å². The highest BCUT2D eigenvalue weighted by Gasteiger charge is 2.27. The Morgan fingerprint density at radius 2 is 1.52 bits per heavy atom. The second-order valence-corrected chi connectivity index (χ2v) is 9.98. The maximum Gasteiger partial charge on any atom is 0.346 e. The van der Waals surface area contributed by atoms with Gasteiger partial charge in [-0.3, -0.25) is 0 Å². The van der Waals surface area contributed by atoms with E-state index in [2.05, 4.69) is 0 Å². The molecule has 3 aromatic carbocycles. The molecule has 0 saturated heterocycles. The monoisotopic (exact) mass is 560 g/mol. The molecule has 0 aromatic heterocycles. The molecule has 0 spiro atoms. The molecule has 40 heavy (non-hydrogen) atoms. The van der Waals surface area contributed by atoms with Crippen LogP contribution in [-0.4, -0.2) is 5.97 Å². The van der Waals surface area contributed by atoms with Crippen LogP contribution >= 0.6 is 0 Å². The standard InChI is InChI=1S/C32H30F6O2/c1-3-5-6-7-21-13-15-24(30(37)27(21)34)32(39)40-25-17-16-23(29(36)31(25)38)20-10-8-19(9-11-20)22-14-12-18(4-2)26(33)28(22)35/h10,12-17,19H,3-9,11H2,1-2H3. The maximum absolute atomic E-state index is 15.0. The van der Waals surface area contributed by atoms with E-state index < -0.39 is 52.2 Å². The molecule has 0 heterocycles. The van der Waals surface area contributed by atoms with E-state index in [1.54, 1.807) is 25.1 Å². The van der Waals surface area contributed by atoms with Gasteiger partial charge >= 0.3 is 5.97 Å². The van der Waals surface area contributed by atoms with E-state index >= 15 is 4.39 Å². The SMILES string of the molecule is CCCCCc1ccc(C(=O)Oc2ccc(C3=CCC(c4ccc(CC)c(F)c4F)CC3)c(F)c2F)c(F)c1F. The average molecular weight is 561 g/mol. The molecule has 1 unspecified atom stereocenters. The number of benzene rings is 3. The van der Waals surface area contributed by atoms with Crippen LogP contribution in [0.3, 0.4) is 0 Å². The van der Waals surface area contributed by atoms with Crippen molar-refractivity contribution in [1.29, 1.82) is 0 Å². The Morgan fingerprint density at radius 3 is 2.20 bits per heavy atom. The first kappa shape index (κ1) is 29.4. The summed E-state index contributed by atoms with van der Waals surface area (Å²) < 4.78 is 92.6. The van der Waals surface area contributed by atoms with E-state index in [1.165, 1.54) is 12.1 Å². The molecule has 1 aliphatic rings.